The molecule has 0 fully saturated rings. The standard InChI is InChI=1S/C20H34O5S/c1-3-5-6-7-8-9-10-18-11-13-19(14-12-18)20(26(21,22)23)17-25-16-15-24-4-2/h11-14,20H,3-10,15-17H2,1-2H3,(H,21,22,23). The van der Waals surface area contributed by atoms with Crippen LogP contribution in [-0.2, 0) is 26.0 Å². The van der Waals surface area contributed by atoms with Crippen molar-refractivity contribution in [3.05, 3.63) is 35.4 Å². The van der Waals surface area contributed by atoms with Gasteiger partial charge >= 0.3 is 0 Å². The fourth-order valence-corrected chi connectivity index (χ4v) is 3.58. The van der Waals surface area contributed by atoms with Crippen LogP contribution in [0.4, 0.5) is 0 Å². The molecule has 0 heterocycles. The Morgan fingerprint density at radius 2 is 1.54 bits per heavy atom. The van der Waals surface area contributed by atoms with Crippen molar-refractivity contribution in [2.45, 2.75) is 64.0 Å². The van der Waals surface area contributed by atoms with E-state index in [-0.39, 0.29) is 6.61 Å². The van der Waals surface area contributed by atoms with Gasteiger partial charge < -0.3 is 9.47 Å². The molecule has 0 saturated heterocycles. The summed E-state index contributed by atoms with van der Waals surface area (Å²) in [5.41, 5.74) is 1.74. The Labute approximate surface area is 158 Å². The summed E-state index contributed by atoms with van der Waals surface area (Å²) in [4.78, 5) is 0. The molecule has 0 bridgehead atoms. The lowest BCUT2D eigenvalue weighted by Gasteiger charge is -2.15. The van der Waals surface area contributed by atoms with Crippen LogP contribution in [0, 0.1) is 0 Å². The number of benzene rings is 1. The molecule has 0 amide bonds. The molecule has 6 heteroatoms. The molecule has 0 saturated carbocycles. The lowest BCUT2D eigenvalue weighted by molar-refractivity contribution is 0.0521. The average Bonchev–Trinajstić information content (AvgIpc) is 2.61. The molecule has 26 heavy (non-hydrogen) atoms. The smallest absolute Gasteiger partial charge is 0.274 e. The summed E-state index contributed by atoms with van der Waals surface area (Å²) in [5.74, 6) is 0. The quantitative estimate of drug-likeness (QED) is 0.353. The monoisotopic (exact) mass is 386 g/mol. The van der Waals surface area contributed by atoms with Gasteiger partial charge in [0.25, 0.3) is 10.1 Å². The lowest BCUT2D eigenvalue weighted by atomic mass is 10.0. The van der Waals surface area contributed by atoms with Gasteiger partial charge in [-0.2, -0.15) is 8.42 Å². The number of rotatable bonds is 15. The van der Waals surface area contributed by atoms with Gasteiger partial charge in [-0.25, -0.2) is 0 Å². The number of hydrogen-bond acceptors (Lipinski definition) is 4. The van der Waals surface area contributed by atoms with Crippen molar-refractivity contribution in [1.82, 2.24) is 0 Å². The Bertz CT molecular complexity index is 568. The van der Waals surface area contributed by atoms with E-state index in [0.29, 0.717) is 25.4 Å². The third-order valence-corrected chi connectivity index (χ3v) is 5.50. The molecule has 0 radical (unpaired) electrons. The minimum atomic E-state index is -4.22. The molecule has 1 aromatic carbocycles. The fraction of sp³-hybridized carbons (Fsp3) is 0.700. The Balaban J connectivity index is 2.50. The molecule has 1 atom stereocenters. The zero-order chi connectivity index (χ0) is 19.3. The van der Waals surface area contributed by atoms with E-state index in [4.69, 9.17) is 9.47 Å². The van der Waals surface area contributed by atoms with Gasteiger partial charge in [0.05, 0.1) is 19.8 Å². The van der Waals surface area contributed by atoms with Crippen molar-refractivity contribution in [1.29, 1.82) is 0 Å². The highest BCUT2D eigenvalue weighted by atomic mass is 32.2. The summed E-state index contributed by atoms with van der Waals surface area (Å²) in [6.45, 7) is 5.31. The molecule has 1 rings (SSSR count). The first-order valence-corrected chi connectivity index (χ1v) is 11.2. The molecule has 5 nitrogen and oxygen atoms in total. The molecular weight excluding hydrogens is 352 g/mol. The average molecular weight is 387 g/mol. The third kappa shape index (κ3) is 9.67. The lowest BCUT2D eigenvalue weighted by Crippen LogP contribution is -2.19. The van der Waals surface area contributed by atoms with E-state index in [0.717, 1.165) is 12.8 Å². The summed E-state index contributed by atoms with van der Waals surface area (Å²) in [7, 11) is -4.22. The maximum Gasteiger partial charge on any atom is 0.274 e. The second kappa shape index (κ2) is 13.3. The van der Waals surface area contributed by atoms with Crippen molar-refractivity contribution in [2.75, 3.05) is 26.4 Å². The van der Waals surface area contributed by atoms with Gasteiger partial charge in [-0.1, -0.05) is 63.3 Å². The summed E-state index contributed by atoms with van der Waals surface area (Å²) in [6, 6.07) is 7.44. The van der Waals surface area contributed by atoms with Crippen LogP contribution in [0.3, 0.4) is 0 Å². The first-order chi connectivity index (χ1) is 12.5. The minimum absolute atomic E-state index is 0.0807. The Morgan fingerprint density at radius 1 is 0.923 bits per heavy atom. The Kier molecular flexibility index (Phi) is 11.8. The second-order valence-corrected chi connectivity index (χ2v) is 8.13. The summed E-state index contributed by atoms with van der Waals surface area (Å²) < 4.78 is 43.4. The van der Waals surface area contributed by atoms with Crippen molar-refractivity contribution >= 4 is 10.1 Å². The molecule has 150 valence electrons. The van der Waals surface area contributed by atoms with Crippen LogP contribution < -0.4 is 0 Å². The number of ether oxygens (including phenoxy) is 2. The SMILES string of the molecule is CCCCCCCCc1ccc(C(COCCOCC)S(=O)(=O)O)cc1. The molecule has 0 aliphatic carbocycles. The van der Waals surface area contributed by atoms with Crippen LogP contribution in [0.25, 0.3) is 0 Å². The predicted molar refractivity (Wildman–Crippen MR) is 105 cm³/mol. The second-order valence-electron chi connectivity index (χ2n) is 6.53. The van der Waals surface area contributed by atoms with Crippen LogP contribution in [0.5, 0.6) is 0 Å². The molecule has 0 aliphatic rings. The molecule has 1 N–H and O–H groups in total. The molecule has 0 aromatic heterocycles. The van der Waals surface area contributed by atoms with Gasteiger partial charge in [0, 0.05) is 6.61 Å². The van der Waals surface area contributed by atoms with E-state index in [9.17, 15) is 13.0 Å². The van der Waals surface area contributed by atoms with Gasteiger partial charge in [-0.05, 0) is 30.9 Å². The number of unbranched alkanes of at least 4 members (excludes halogenated alkanes) is 5. The zero-order valence-corrected chi connectivity index (χ0v) is 17.0. The van der Waals surface area contributed by atoms with E-state index in [2.05, 4.69) is 6.92 Å². The van der Waals surface area contributed by atoms with E-state index < -0.39 is 15.4 Å². The topological polar surface area (TPSA) is 72.8 Å². The van der Waals surface area contributed by atoms with Crippen molar-refractivity contribution in [3.63, 3.8) is 0 Å². The van der Waals surface area contributed by atoms with Crippen molar-refractivity contribution in [2.24, 2.45) is 0 Å². The minimum Gasteiger partial charge on any atom is -0.379 e. The number of hydrogen-bond donors (Lipinski definition) is 1. The van der Waals surface area contributed by atoms with E-state index in [1.54, 1.807) is 12.1 Å². The molecule has 0 spiro atoms. The highest BCUT2D eigenvalue weighted by molar-refractivity contribution is 7.86. The Morgan fingerprint density at radius 3 is 2.15 bits per heavy atom. The molecule has 1 aromatic rings. The summed E-state index contributed by atoms with van der Waals surface area (Å²) in [6.07, 6.45) is 8.50. The summed E-state index contributed by atoms with van der Waals surface area (Å²) in [5, 5.41) is -1.06. The normalized spacial score (nSPS) is 13.0. The Hall–Kier alpha value is -0.950. The van der Waals surface area contributed by atoms with Crippen LogP contribution in [0.1, 0.15) is 68.7 Å². The highest BCUT2D eigenvalue weighted by Crippen LogP contribution is 2.23. The van der Waals surface area contributed by atoms with Crippen LogP contribution in [0.15, 0.2) is 24.3 Å². The first kappa shape index (κ1) is 23.1. The fourth-order valence-electron chi connectivity index (χ4n) is 2.82. The zero-order valence-electron chi connectivity index (χ0n) is 16.2. The van der Waals surface area contributed by atoms with Crippen LogP contribution >= 0.6 is 0 Å². The largest absolute Gasteiger partial charge is 0.379 e. The van der Waals surface area contributed by atoms with Crippen molar-refractivity contribution < 1.29 is 22.4 Å². The molecular formula is C20H34O5S. The van der Waals surface area contributed by atoms with Gasteiger partial charge in [-0.15, -0.1) is 0 Å². The van der Waals surface area contributed by atoms with Crippen LogP contribution in [-0.4, -0.2) is 39.4 Å². The third-order valence-electron chi connectivity index (χ3n) is 4.38. The van der Waals surface area contributed by atoms with Crippen molar-refractivity contribution in [3.8, 4) is 0 Å². The van der Waals surface area contributed by atoms with Gasteiger partial charge in [0.2, 0.25) is 0 Å². The molecule has 0 aliphatic heterocycles. The van der Waals surface area contributed by atoms with E-state index >= 15 is 0 Å². The molecule has 1 unspecified atom stereocenters. The summed E-state index contributed by atoms with van der Waals surface area (Å²) >= 11 is 0. The maximum absolute atomic E-state index is 11.7. The van der Waals surface area contributed by atoms with E-state index in [1.807, 2.05) is 19.1 Å². The van der Waals surface area contributed by atoms with Gasteiger partial charge in [0.15, 0.2) is 0 Å². The van der Waals surface area contributed by atoms with E-state index in [1.165, 1.54) is 37.7 Å². The first-order valence-electron chi connectivity index (χ1n) is 9.69. The van der Waals surface area contributed by atoms with Gasteiger partial charge in [0.1, 0.15) is 5.25 Å². The van der Waals surface area contributed by atoms with Gasteiger partial charge in [-0.3, -0.25) is 4.55 Å². The maximum atomic E-state index is 11.7. The predicted octanol–water partition coefficient (Wildman–Crippen LogP) is 4.57. The number of aryl methyl sites for hydroxylation is 1. The highest BCUT2D eigenvalue weighted by Gasteiger charge is 2.25. The van der Waals surface area contributed by atoms with Crippen LogP contribution in [0.2, 0.25) is 0 Å².